The zero-order chi connectivity index (χ0) is 39.3. The smallest absolute Gasteiger partial charge is 0.219 e. The van der Waals surface area contributed by atoms with Crippen molar-refractivity contribution in [3.05, 3.63) is 76.3 Å². The molecule has 15 heteroatoms. The average molecular weight is 801 g/mol. The number of amides is 2. The highest BCUT2D eigenvalue weighted by atomic mass is 35.5. The monoisotopic (exact) mass is 799 g/mol. The Hall–Kier alpha value is -4.82. The maximum atomic E-state index is 11.7. The first kappa shape index (κ1) is 39.4. The molecule has 0 radical (unpaired) electrons. The second-order valence-corrected chi connectivity index (χ2v) is 15.0. The van der Waals surface area contributed by atoms with Gasteiger partial charge in [-0.05, 0) is 50.8 Å². The first-order valence-electron chi connectivity index (χ1n) is 19.1. The number of fused-ring (bicyclic) bond motifs is 1. The third kappa shape index (κ3) is 8.61. The first-order chi connectivity index (χ1) is 27.1. The Kier molecular flexibility index (Phi) is 12.3. The number of nitrogens with one attached hydrogen (secondary N) is 2. The fraction of sp³-hybridized carbons (Fsp3) is 0.415. The number of nitrogens with zero attached hydrogens (tertiary/aromatic N) is 7. The SMILES string of the molecule is CCOc1cc(-c2nccc(-c3cccc(-c4ccc(CNC5CCN(C(C)=O)CC5)c(OC)n4)c3Cl)c2Cl)cn2nc(CNC3CCN(C(C)=O)CC3)nc12. The molecule has 7 rings (SSSR count). The zero-order valence-electron chi connectivity index (χ0n) is 32.1. The lowest BCUT2D eigenvalue weighted by molar-refractivity contribution is -0.130. The molecular weight excluding hydrogens is 753 g/mol. The topological polar surface area (TPSA) is 139 Å². The van der Waals surface area contributed by atoms with Crippen molar-refractivity contribution >= 4 is 40.7 Å². The van der Waals surface area contributed by atoms with Gasteiger partial charge in [0, 0.05) is 98.9 Å². The third-order valence-electron chi connectivity index (χ3n) is 10.6. The molecule has 2 N–H and O–H groups in total. The molecule has 0 atom stereocenters. The summed E-state index contributed by atoms with van der Waals surface area (Å²) >= 11 is 14.4. The molecule has 2 saturated heterocycles. The maximum absolute atomic E-state index is 11.7. The zero-order valence-corrected chi connectivity index (χ0v) is 33.7. The molecule has 13 nitrogen and oxygen atoms in total. The van der Waals surface area contributed by atoms with Crippen LogP contribution in [0.25, 0.3) is 39.3 Å². The Labute approximate surface area is 336 Å². The van der Waals surface area contributed by atoms with Crippen molar-refractivity contribution < 1.29 is 19.1 Å². The van der Waals surface area contributed by atoms with Crippen LogP contribution in [0.1, 0.15) is 57.8 Å². The van der Waals surface area contributed by atoms with Crippen molar-refractivity contribution in [2.24, 2.45) is 0 Å². The van der Waals surface area contributed by atoms with Crippen LogP contribution in [0.2, 0.25) is 10.0 Å². The summed E-state index contributed by atoms with van der Waals surface area (Å²) in [4.78, 5) is 41.6. The van der Waals surface area contributed by atoms with Crippen LogP contribution in [-0.2, 0) is 22.7 Å². The summed E-state index contributed by atoms with van der Waals surface area (Å²) in [7, 11) is 1.62. The van der Waals surface area contributed by atoms with Gasteiger partial charge < -0.3 is 29.9 Å². The standard InChI is InChI=1S/C41H47Cl2N9O4/c1-5-56-35-21-28(24-52-40(35)48-36(49-52)23-46-30-14-19-51(20-15-30)26(3)54)39-38(43)32(11-16-44-39)31-7-6-8-33(37(31)42)34-10-9-27(41(47-34)55-4)22-45-29-12-17-50(18-13-29)25(2)53/h6-11,16,21,24,29-30,45-46H,5,12-15,17-20,22-23H2,1-4H3. The van der Waals surface area contributed by atoms with Crippen molar-refractivity contribution in [3.8, 4) is 45.3 Å². The van der Waals surface area contributed by atoms with Crippen LogP contribution in [0.5, 0.6) is 11.6 Å². The predicted molar refractivity (Wildman–Crippen MR) is 217 cm³/mol. The van der Waals surface area contributed by atoms with Gasteiger partial charge in [-0.3, -0.25) is 14.6 Å². The fourth-order valence-corrected chi connectivity index (χ4v) is 8.12. The molecule has 5 aromatic rings. The van der Waals surface area contributed by atoms with E-state index >= 15 is 0 Å². The van der Waals surface area contributed by atoms with Crippen molar-refractivity contribution in [2.45, 2.75) is 71.6 Å². The Morgan fingerprint density at radius 2 is 1.48 bits per heavy atom. The summed E-state index contributed by atoms with van der Waals surface area (Å²) < 4.78 is 13.5. The highest BCUT2D eigenvalue weighted by Gasteiger charge is 2.24. The van der Waals surface area contributed by atoms with Crippen LogP contribution in [0, 0.1) is 0 Å². The van der Waals surface area contributed by atoms with Gasteiger partial charge in [-0.25, -0.2) is 14.5 Å². The lowest BCUT2D eigenvalue weighted by Gasteiger charge is -2.31. The van der Waals surface area contributed by atoms with Crippen molar-refractivity contribution in [2.75, 3.05) is 39.9 Å². The Bertz CT molecular complexity index is 2220. The molecule has 0 bridgehead atoms. The van der Waals surface area contributed by atoms with Crippen molar-refractivity contribution in [1.29, 1.82) is 0 Å². The van der Waals surface area contributed by atoms with E-state index in [2.05, 4.69) is 15.6 Å². The molecule has 0 saturated carbocycles. The number of carbonyl (C=O) groups excluding carboxylic acids is 2. The van der Waals surface area contributed by atoms with E-state index in [4.69, 9.17) is 47.7 Å². The molecule has 0 aliphatic carbocycles. The number of carbonyl (C=O) groups is 2. The minimum atomic E-state index is 0.117. The molecule has 0 unspecified atom stereocenters. The van der Waals surface area contributed by atoms with Gasteiger partial charge in [0.15, 0.2) is 17.2 Å². The maximum Gasteiger partial charge on any atom is 0.219 e. The number of methoxy groups -OCH3 is 1. The number of likely N-dealkylation sites (tertiary alicyclic amines) is 2. The molecule has 2 aliphatic rings. The normalized spacial score (nSPS) is 15.4. The number of hydrogen-bond acceptors (Lipinski definition) is 10. The highest BCUT2D eigenvalue weighted by molar-refractivity contribution is 6.39. The third-order valence-corrected chi connectivity index (χ3v) is 11.4. The lowest BCUT2D eigenvalue weighted by atomic mass is 9.99. The van der Waals surface area contributed by atoms with Gasteiger partial charge in [0.1, 0.15) is 0 Å². The lowest BCUT2D eigenvalue weighted by Crippen LogP contribution is -2.44. The number of ether oxygens (including phenoxy) is 2. The van der Waals surface area contributed by atoms with E-state index in [0.717, 1.165) is 68.6 Å². The van der Waals surface area contributed by atoms with Gasteiger partial charge in [0.2, 0.25) is 17.7 Å². The van der Waals surface area contributed by atoms with Gasteiger partial charge in [0.05, 0.1) is 41.7 Å². The quantitative estimate of drug-likeness (QED) is 0.145. The summed E-state index contributed by atoms with van der Waals surface area (Å²) in [5.74, 6) is 1.96. The van der Waals surface area contributed by atoms with E-state index in [1.807, 2.05) is 65.4 Å². The minimum absolute atomic E-state index is 0.117. The Morgan fingerprint density at radius 3 is 2.12 bits per heavy atom. The molecule has 294 valence electrons. The number of piperidine rings is 2. The van der Waals surface area contributed by atoms with Gasteiger partial charge in [-0.2, -0.15) is 0 Å². The molecule has 2 aliphatic heterocycles. The van der Waals surface area contributed by atoms with Gasteiger partial charge >= 0.3 is 0 Å². The van der Waals surface area contributed by atoms with Crippen LogP contribution < -0.4 is 20.1 Å². The highest BCUT2D eigenvalue weighted by Crippen LogP contribution is 2.42. The minimum Gasteiger partial charge on any atom is -0.490 e. The van der Waals surface area contributed by atoms with Gasteiger partial charge in [0.25, 0.3) is 0 Å². The first-order valence-corrected chi connectivity index (χ1v) is 19.9. The van der Waals surface area contributed by atoms with E-state index in [9.17, 15) is 9.59 Å². The second kappa shape index (κ2) is 17.5. The molecular formula is C41H47Cl2N9O4. The van der Waals surface area contributed by atoms with Crippen molar-refractivity contribution in [3.63, 3.8) is 0 Å². The average Bonchev–Trinajstić information content (AvgIpc) is 3.63. The number of pyridine rings is 3. The molecule has 2 fully saturated rings. The number of hydrogen-bond donors (Lipinski definition) is 2. The molecule has 1 aromatic carbocycles. The van der Waals surface area contributed by atoms with E-state index in [0.29, 0.717) is 81.4 Å². The second-order valence-electron chi connectivity index (χ2n) is 14.2. The number of aromatic nitrogens is 5. The van der Waals surface area contributed by atoms with E-state index in [1.54, 1.807) is 31.7 Å². The molecule has 6 heterocycles. The van der Waals surface area contributed by atoms with Crippen LogP contribution in [-0.4, -0.2) is 98.2 Å². The van der Waals surface area contributed by atoms with E-state index in [-0.39, 0.29) is 17.9 Å². The van der Waals surface area contributed by atoms with Crippen LogP contribution in [0.15, 0.2) is 54.9 Å². The Balaban J connectivity index is 1.11. The van der Waals surface area contributed by atoms with Crippen LogP contribution >= 0.6 is 23.2 Å². The number of rotatable bonds is 12. The number of halogens is 2. The van der Waals surface area contributed by atoms with Gasteiger partial charge in [-0.1, -0.05) is 47.5 Å². The summed E-state index contributed by atoms with van der Waals surface area (Å²) in [5, 5.41) is 12.9. The summed E-state index contributed by atoms with van der Waals surface area (Å²) in [5.41, 5.74) is 5.64. The summed E-state index contributed by atoms with van der Waals surface area (Å²) in [6.07, 6.45) is 7.15. The largest absolute Gasteiger partial charge is 0.490 e. The van der Waals surface area contributed by atoms with E-state index in [1.165, 1.54) is 0 Å². The molecule has 56 heavy (non-hydrogen) atoms. The Morgan fingerprint density at radius 1 is 0.839 bits per heavy atom. The summed E-state index contributed by atoms with van der Waals surface area (Å²) in [6, 6.07) is 14.1. The molecule has 4 aromatic heterocycles. The van der Waals surface area contributed by atoms with Crippen LogP contribution in [0.4, 0.5) is 0 Å². The van der Waals surface area contributed by atoms with Gasteiger partial charge in [-0.15, -0.1) is 5.10 Å². The molecule has 0 spiro atoms. The van der Waals surface area contributed by atoms with E-state index < -0.39 is 0 Å². The van der Waals surface area contributed by atoms with Crippen molar-refractivity contribution in [1.82, 2.24) is 45.0 Å². The number of benzene rings is 1. The van der Waals surface area contributed by atoms with Crippen LogP contribution in [0.3, 0.4) is 0 Å². The molecule has 2 amide bonds. The predicted octanol–water partition coefficient (Wildman–Crippen LogP) is 6.44. The fourth-order valence-electron chi connectivity index (χ4n) is 7.47. The summed E-state index contributed by atoms with van der Waals surface area (Å²) in [6.45, 7) is 9.69.